The lowest BCUT2D eigenvalue weighted by atomic mass is 9.86. The molecule has 10 heteroatoms. The van der Waals surface area contributed by atoms with Crippen molar-refractivity contribution in [3.05, 3.63) is 88.4 Å². The Morgan fingerprint density at radius 3 is 2.41 bits per heavy atom. The van der Waals surface area contributed by atoms with Crippen LogP contribution in [0.2, 0.25) is 0 Å². The van der Waals surface area contributed by atoms with Crippen LogP contribution < -0.4 is 4.74 Å². The van der Waals surface area contributed by atoms with E-state index in [0.29, 0.717) is 20.8 Å². The van der Waals surface area contributed by atoms with Gasteiger partial charge in [0.05, 0.1) is 32.1 Å². The van der Waals surface area contributed by atoms with Crippen molar-refractivity contribution in [2.75, 3.05) is 13.4 Å². The first-order chi connectivity index (χ1) is 15.3. The number of methoxy groups -OCH3 is 1. The van der Waals surface area contributed by atoms with Crippen molar-refractivity contribution in [3.8, 4) is 5.75 Å². The predicted octanol–water partition coefficient (Wildman–Crippen LogP) is 6.43. The summed E-state index contributed by atoms with van der Waals surface area (Å²) in [6, 6.07) is 13.5. The molecule has 32 heavy (non-hydrogen) atoms. The highest BCUT2D eigenvalue weighted by Gasteiger charge is 2.37. The Hall–Kier alpha value is -2.40. The maximum atomic E-state index is 13.8. The zero-order valence-corrected chi connectivity index (χ0v) is 20.6. The number of carbonyl (C=O) groups excluding carboxylic acids is 1. The van der Waals surface area contributed by atoms with Gasteiger partial charge < -0.3 is 9.30 Å². The highest BCUT2D eigenvalue weighted by atomic mass is 32.2. The molecule has 0 fully saturated rings. The number of hydrogen-bond acceptors (Lipinski definition) is 8. The van der Waals surface area contributed by atoms with Crippen LogP contribution in [-0.4, -0.2) is 28.6 Å². The summed E-state index contributed by atoms with van der Waals surface area (Å²) in [6.45, 7) is 0. The van der Waals surface area contributed by atoms with Crippen LogP contribution in [0.15, 0.2) is 63.4 Å². The number of hydrogen-bond donors (Lipinski definition) is 0. The average molecular weight is 503 g/mol. The molecule has 2 heterocycles. The van der Waals surface area contributed by atoms with E-state index in [-0.39, 0.29) is 17.4 Å². The first kappa shape index (κ1) is 22.8. The number of thioether (sulfide) groups is 2. The van der Waals surface area contributed by atoms with Gasteiger partial charge in [-0.2, -0.15) is 0 Å². The van der Waals surface area contributed by atoms with Crippen molar-refractivity contribution in [1.82, 2.24) is 4.57 Å². The molecule has 0 saturated carbocycles. The molecule has 0 bridgehead atoms. The van der Waals surface area contributed by atoms with E-state index in [9.17, 15) is 14.9 Å². The van der Waals surface area contributed by atoms with Gasteiger partial charge in [0, 0.05) is 30.3 Å². The Kier molecular flexibility index (Phi) is 6.57. The number of non-ortho nitro benzene ring substituents is 1. The molecule has 1 aliphatic heterocycles. The van der Waals surface area contributed by atoms with E-state index in [1.807, 2.05) is 17.9 Å². The number of thiazole rings is 1. The van der Waals surface area contributed by atoms with Crippen LogP contribution in [0.1, 0.15) is 26.7 Å². The lowest BCUT2D eigenvalue weighted by Crippen LogP contribution is -2.18. The number of allylic oxidation sites excluding steroid dienone is 1. The number of aromatic nitrogens is 1. The van der Waals surface area contributed by atoms with Gasteiger partial charge in [0.2, 0.25) is 0 Å². The molecule has 1 unspecified atom stereocenters. The summed E-state index contributed by atoms with van der Waals surface area (Å²) in [5.41, 5.74) is 2.04. The van der Waals surface area contributed by atoms with Crippen molar-refractivity contribution in [2.45, 2.75) is 10.9 Å². The third-order valence-electron chi connectivity index (χ3n) is 5.17. The van der Waals surface area contributed by atoms with Gasteiger partial charge in [-0.1, -0.05) is 23.9 Å². The van der Waals surface area contributed by atoms with E-state index in [4.69, 9.17) is 17.0 Å². The van der Waals surface area contributed by atoms with Gasteiger partial charge >= 0.3 is 0 Å². The number of benzene rings is 2. The zero-order chi connectivity index (χ0) is 23.0. The standard InChI is InChI=1S/C22H18N2O4S4/c1-23-20-19(31-22(23)29)16(12-4-8-14(9-5-12)24(26)27)17(21(30-3)32-20)18(25)13-6-10-15(28-2)11-7-13/h4-11,16H,1-3H3. The van der Waals surface area contributed by atoms with Gasteiger partial charge in [0.15, 0.2) is 9.74 Å². The summed E-state index contributed by atoms with van der Waals surface area (Å²) in [6.07, 6.45) is 1.95. The predicted molar refractivity (Wildman–Crippen MR) is 133 cm³/mol. The zero-order valence-electron chi connectivity index (χ0n) is 17.4. The number of nitro benzene ring substituents is 1. The number of fused-ring (bicyclic) bond motifs is 1. The molecule has 0 saturated heterocycles. The van der Waals surface area contributed by atoms with Crippen LogP contribution >= 0.6 is 47.1 Å². The SMILES string of the molecule is COc1ccc(C(=O)C2=C(SC)Sc3c(sc(=S)n3C)C2c2ccc([N+](=O)[O-])cc2)cc1. The normalized spacial score (nSPS) is 15.4. The van der Waals surface area contributed by atoms with Crippen molar-refractivity contribution in [1.29, 1.82) is 0 Å². The fraction of sp³-hybridized carbons (Fsp3) is 0.182. The van der Waals surface area contributed by atoms with E-state index < -0.39 is 4.92 Å². The maximum Gasteiger partial charge on any atom is 0.269 e. The van der Waals surface area contributed by atoms with Crippen LogP contribution in [0.4, 0.5) is 5.69 Å². The highest BCUT2D eigenvalue weighted by molar-refractivity contribution is 8.22. The molecular formula is C22H18N2O4S4. The molecule has 1 aliphatic rings. The lowest BCUT2D eigenvalue weighted by molar-refractivity contribution is -0.384. The van der Waals surface area contributed by atoms with Crippen molar-refractivity contribution < 1.29 is 14.5 Å². The topological polar surface area (TPSA) is 74.4 Å². The van der Waals surface area contributed by atoms with Crippen LogP contribution in [0, 0.1) is 14.1 Å². The van der Waals surface area contributed by atoms with Gasteiger partial charge in [-0.3, -0.25) is 14.9 Å². The molecular weight excluding hydrogens is 485 g/mol. The first-order valence-corrected chi connectivity index (χ1v) is 12.7. The number of nitro groups is 1. The molecule has 0 N–H and O–H groups in total. The Morgan fingerprint density at radius 2 is 1.84 bits per heavy atom. The summed E-state index contributed by atoms with van der Waals surface area (Å²) in [7, 11) is 3.50. The lowest BCUT2D eigenvalue weighted by Gasteiger charge is -2.27. The number of Topliss-reactive ketones (excluding diaryl/α,β-unsaturated/α-hetero) is 1. The molecule has 1 atom stereocenters. The summed E-state index contributed by atoms with van der Waals surface area (Å²) in [5, 5.41) is 12.2. The van der Waals surface area contributed by atoms with Gasteiger partial charge in [-0.05, 0) is 48.3 Å². The third-order valence-corrected chi connectivity index (χ3v) is 9.35. The highest BCUT2D eigenvalue weighted by Crippen LogP contribution is 2.53. The summed E-state index contributed by atoms with van der Waals surface area (Å²) < 4.78 is 8.79. The molecule has 0 spiro atoms. The largest absolute Gasteiger partial charge is 0.497 e. The summed E-state index contributed by atoms with van der Waals surface area (Å²) >= 11 is 10.1. The monoisotopic (exact) mass is 502 g/mol. The Bertz CT molecular complexity index is 1290. The van der Waals surface area contributed by atoms with Gasteiger partial charge in [0.1, 0.15) is 5.75 Å². The van der Waals surface area contributed by atoms with Crippen LogP contribution in [-0.2, 0) is 7.05 Å². The fourth-order valence-electron chi connectivity index (χ4n) is 3.53. The van der Waals surface area contributed by atoms with Crippen LogP contribution in [0.25, 0.3) is 0 Å². The first-order valence-electron chi connectivity index (χ1n) is 9.44. The number of ketones is 1. The minimum atomic E-state index is -0.426. The van der Waals surface area contributed by atoms with E-state index in [0.717, 1.165) is 19.7 Å². The second-order valence-corrected chi connectivity index (χ2v) is 10.7. The van der Waals surface area contributed by atoms with Crippen molar-refractivity contribution >= 4 is 58.5 Å². The quantitative estimate of drug-likeness (QED) is 0.166. The van der Waals surface area contributed by atoms with E-state index in [2.05, 4.69) is 0 Å². The minimum absolute atomic E-state index is 0.0111. The summed E-state index contributed by atoms with van der Waals surface area (Å²) in [4.78, 5) is 25.5. The van der Waals surface area contributed by atoms with E-state index in [1.54, 1.807) is 55.3 Å². The number of rotatable bonds is 6. The molecule has 164 valence electrons. The molecule has 6 nitrogen and oxygen atoms in total. The average Bonchev–Trinajstić information content (AvgIpc) is 3.10. The smallest absolute Gasteiger partial charge is 0.269 e. The molecule has 4 rings (SSSR count). The second-order valence-electron chi connectivity index (χ2n) is 6.94. The molecule has 0 radical (unpaired) electrons. The van der Waals surface area contributed by atoms with Crippen LogP contribution in [0.5, 0.6) is 5.75 Å². The van der Waals surface area contributed by atoms with Crippen molar-refractivity contribution in [3.63, 3.8) is 0 Å². The van der Waals surface area contributed by atoms with E-state index >= 15 is 0 Å². The summed E-state index contributed by atoms with van der Waals surface area (Å²) in [5.74, 6) is 0.228. The number of carbonyl (C=O) groups is 1. The molecule has 2 aromatic carbocycles. The fourth-order valence-corrected chi connectivity index (χ4v) is 7.21. The Morgan fingerprint density at radius 1 is 1.19 bits per heavy atom. The molecule has 1 aromatic heterocycles. The van der Waals surface area contributed by atoms with E-state index in [1.165, 1.54) is 35.2 Å². The number of ether oxygens (including phenoxy) is 1. The maximum absolute atomic E-state index is 13.8. The van der Waals surface area contributed by atoms with Gasteiger partial charge in [-0.25, -0.2) is 0 Å². The Labute approximate surface area is 202 Å². The van der Waals surface area contributed by atoms with Crippen LogP contribution in [0.3, 0.4) is 0 Å². The second kappa shape index (κ2) is 9.22. The Balaban J connectivity index is 1.90. The van der Waals surface area contributed by atoms with Gasteiger partial charge in [-0.15, -0.1) is 23.1 Å². The van der Waals surface area contributed by atoms with Crippen molar-refractivity contribution in [2.24, 2.45) is 7.05 Å². The molecule has 0 aliphatic carbocycles. The van der Waals surface area contributed by atoms with Gasteiger partial charge in [0.25, 0.3) is 5.69 Å². The molecule has 0 amide bonds. The third kappa shape index (κ3) is 4.03. The molecule has 3 aromatic rings. The minimum Gasteiger partial charge on any atom is -0.497 e. The number of nitrogens with zero attached hydrogens (tertiary/aromatic N) is 2.